The average molecular weight is 308 g/mol. The van der Waals surface area contributed by atoms with E-state index >= 15 is 0 Å². The lowest BCUT2D eigenvalue weighted by Crippen LogP contribution is -2.45. The number of thiophene rings is 1. The van der Waals surface area contributed by atoms with E-state index in [1.165, 1.54) is 58.3 Å². The molecule has 0 spiro atoms. The van der Waals surface area contributed by atoms with Crippen LogP contribution >= 0.6 is 11.3 Å². The van der Waals surface area contributed by atoms with Crippen LogP contribution in [0, 0.1) is 0 Å². The predicted octanol–water partition coefficient (Wildman–Crippen LogP) is 2.74. The quantitative estimate of drug-likeness (QED) is 0.902. The van der Waals surface area contributed by atoms with Gasteiger partial charge in [-0.25, -0.2) is 0 Å². The normalized spacial score (nSPS) is 24.4. The van der Waals surface area contributed by atoms with Gasteiger partial charge in [-0.15, -0.1) is 11.3 Å². The molecule has 0 saturated carbocycles. The highest BCUT2D eigenvalue weighted by Gasteiger charge is 2.25. The molecule has 0 radical (unpaired) electrons. The summed E-state index contributed by atoms with van der Waals surface area (Å²) >= 11 is 1.95. The van der Waals surface area contributed by atoms with Gasteiger partial charge in [-0.3, -0.25) is 0 Å². The second kappa shape index (κ2) is 7.23. The van der Waals surface area contributed by atoms with Crippen molar-refractivity contribution < 1.29 is 0 Å². The van der Waals surface area contributed by atoms with Gasteiger partial charge in [-0.05, 0) is 76.3 Å². The van der Waals surface area contributed by atoms with Crippen LogP contribution in [0.4, 0.5) is 0 Å². The highest BCUT2D eigenvalue weighted by atomic mass is 32.1. The second-order valence-electron chi connectivity index (χ2n) is 6.83. The van der Waals surface area contributed by atoms with Crippen molar-refractivity contribution in [1.82, 2.24) is 15.1 Å². The lowest BCUT2D eigenvalue weighted by atomic mass is 9.92. The lowest BCUT2D eigenvalue weighted by molar-refractivity contribution is 0.175. The molecule has 1 atom stereocenters. The minimum atomic E-state index is 0.623. The Morgan fingerprint density at radius 1 is 1.29 bits per heavy atom. The molecule has 1 saturated heterocycles. The van der Waals surface area contributed by atoms with Crippen molar-refractivity contribution in [2.75, 3.05) is 40.3 Å². The van der Waals surface area contributed by atoms with Gasteiger partial charge < -0.3 is 15.1 Å². The molecule has 2 aliphatic rings. The number of likely N-dealkylation sites (N-methyl/N-ethyl adjacent to an activating group) is 1. The van der Waals surface area contributed by atoms with Crippen molar-refractivity contribution >= 4 is 11.3 Å². The molecule has 1 aliphatic heterocycles. The first kappa shape index (κ1) is 15.5. The summed E-state index contributed by atoms with van der Waals surface area (Å²) in [6.45, 7) is 4.92. The van der Waals surface area contributed by atoms with Crippen LogP contribution in [0.1, 0.15) is 42.2 Å². The Morgan fingerprint density at radius 3 is 2.86 bits per heavy atom. The van der Waals surface area contributed by atoms with E-state index < -0.39 is 0 Å². The summed E-state index contributed by atoms with van der Waals surface area (Å²) in [7, 11) is 4.33. The molecule has 1 aliphatic carbocycles. The van der Waals surface area contributed by atoms with E-state index in [-0.39, 0.29) is 0 Å². The van der Waals surface area contributed by atoms with Crippen molar-refractivity contribution in [3.05, 3.63) is 21.9 Å². The molecule has 1 aromatic heterocycles. The van der Waals surface area contributed by atoms with E-state index in [1.807, 2.05) is 11.3 Å². The van der Waals surface area contributed by atoms with Gasteiger partial charge in [0.25, 0.3) is 0 Å². The molecule has 1 fully saturated rings. The maximum Gasteiger partial charge on any atom is 0.0333 e. The van der Waals surface area contributed by atoms with Gasteiger partial charge in [-0.1, -0.05) is 0 Å². The molecular weight excluding hydrogens is 278 g/mol. The molecular formula is C17H29N3S. The third kappa shape index (κ3) is 4.07. The highest BCUT2D eigenvalue weighted by Crippen LogP contribution is 2.34. The standard InChI is InChI=1S/C17H29N3S/c1-19(2)11-12-20-9-6-14(7-10-20)18-16-4-3-5-17-15(16)8-13-21-17/h8,13-14,16,18H,3-7,9-12H2,1-2H3. The second-order valence-corrected chi connectivity index (χ2v) is 7.83. The number of hydrogen-bond acceptors (Lipinski definition) is 4. The Morgan fingerprint density at radius 2 is 2.10 bits per heavy atom. The fourth-order valence-corrected chi connectivity index (χ4v) is 4.60. The van der Waals surface area contributed by atoms with Gasteiger partial charge in [0.15, 0.2) is 0 Å². The molecule has 1 N–H and O–H groups in total. The summed E-state index contributed by atoms with van der Waals surface area (Å²) in [4.78, 5) is 6.53. The van der Waals surface area contributed by atoms with Crippen LogP contribution in [0.15, 0.2) is 11.4 Å². The summed E-state index contributed by atoms with van der Waals surface area (Å²) in [5.74, 6) is 0. The van der Waals surface area contributed by atoms with Crippen LogP contribution in [0.5, 0.6) is 0 Å². The van der Waals surface area contributed by atoms with Gasteiger partial charge in [-0.2, -0.15) is 0 Å². The molecule has 1 unspecified atom stereocenters. The summed E-state index contributed by atoms with van der Waals surface area (Å²) in [5.41, 5.74) is 1.60. The molecule has 3 rings (SSSR count). The fraction of sp³-hybridized carbons (Fsp3) is 0.765. The molecule has 1 aromatic rings. The summed E-state index contributed by atoms with van der Waals surface area (Å²) in [6.07, 6.45) is 6.60. The van der Waals surface area contributed by atoms with Crippen LogP contribution < -0.4 is 5.32 Å². The Balaban J connectivity index is 1.46. The van der Waals surface area contributed by atoms with Crippen molar-refractivity contribution in [3.63, 3.8) is 0 Å². The van der Waals surface area contributed by atoms with Gasteiger partial charge in [0, 0.05) is 30.1 Å². The molecule has 21 heavy (non-hydrogen) atoms. The Labute approximate surface area is 133 Å². The number of rotatable bonds is 5. The molecule has 118 valence electrons. The first-order chi connectivity index (χ1) is 10.2. The van der Waals surface area contributed by atoms with Gasteiger partial charge in [0.1, 0.15) is 0 Å². The van der Waals surface area contributed by atoms with Crippen molar-refractivity contribution in [2.45, 2.75) is 44.2 Å². The third-order valence-electron chi connectivity index (χ3n) is 4.94. The van der Waals surface area contributed by atoms with E-state index in [0.29, 0.717) is 6.04 Å². The average Bonchev–Trinajstić information content (AvgIpc) is 2.96. The minimum Gasteiger partial charge on any atom is -0.308 e. The van der Waals surface area contributed by atoms with Crippen LogP contribution in [0.2, 0.25) is 0 Å². The number of aryl methyl sites for hydroxylation is 1. The number of fused-ring (bicyclic) bond motifs is 1. The first-order valence-corrected chi connectivity index (χ1v) is 9.30. The largest absolute Gasteiger partial charge is 0.308 e. The zero-order valence-corrected chi connectivity index (χ0v) is 14.3. The molecule has 2 heterocycles. The summed E-state index contributed by atoms with van der Waals surface area (Å²) in [5, 5.41) is 6.23. The predicted molar refractivity (Wildman–Crippen MR) is 91.1 cm³/mol. The summed E-state index contributed by atoms with van der Waals surface area (Å²) < 4.78 is 0. The van der Waals surface area contributed by atoms with Crippen LogP contribution in [0.25, 0.3) is 0 Å². The van der Waals surface area contributed by atoms with E-state index in [0.717, 1.165) is 6.04 Å². The summed E-state index contributed by atoms with van der Waals surface area (Å²) in [6, 6.07) is 3.69. The Kier molecular flexibility index (Phi) is 5.33. The maximum atomic E-state index is 3.96. The molecule has 4 heteroatoms. The van der Waals surface area contributed by atoms with Gasteiger partial charge in [0.05, 0.1) is 0 Å². The zero-order chi connectivity index (χ0) is 14.7. The van der Waals surface area contributed by atoms with Crippen LogP contribution in [-0.4, -0.2) is 56.1 Å². The molecule has 0 aromatic carbocycles. The number of nitrogens with zero attached hydrogens (tertiary/aromatic N) is 2. The third-order valence-corrected chi connectivity index (χ3v) is 5.94. The zero-order valence-electron chi connectivity index (χ0n) is 13.5. The number of likely N-dealkylation sites (tertiary alicyclic amines) is 1. The van der Waals surface area contributed by atoms with Crippen LogP contribution in [0.3, 0.4) is 0 Å². The highest BCUT2D eigenvalue weighted by molar-refractivity contribution is 7.10. The maximum absolute atomic E-state index is 3.96. The van der Waals surface area contributed by atoms with Crippen molar-refractivity contribution in [1.29, 1.82) is 0 Å². The fourth-order valence-electron chi connectivity index (χ4n) is 3.61. The first-order valence-electron chi connectivity index (χ1n) is 8.42. The van der Waals surface area contributed by atoms with E-state index in [9.17, 15) is 0 Å². The smallest absolute Gasteiger partial charge is 0.0333 e. The minimum absolute atomic E-state index is 0.623. The van der Waals surface area contributed by atoms with Crippen molar-refractivity contribution in [2.24, 2.45) is 0 Å². The van der Waals surface area contributed by atoms with Crippen molar-refractivity contribution in [3.8, 4) is 0 Å². The van der Waals surface area contributed by atoms with Crippen LogP contribution in [-0.2, 0) is 6.42 Å². The number of piperidine rings is 1. The van der Waals surface area contributed by atoms with Gasteiger partial charge in [0.2, 0.25) is 0 Å². The van der Waals surface area contributed by atoms with E-state index in [4.69, 9.17) is 0 Å². The van der Waals surface area contributed by atoms with Gasteiger partial charge >= 0.3 is 0 Å². The number of hydrogen-bond donors (Lipinski definition) is 1. The molecule has 0 amide bonds. The van der Waals surface area contributed by atoms with E-state index in [1.54, 1.807) is 10.4 Å². The molecule has 3 nitrogen and oxygen atoms in total. The topological polar surface area (TPSA) is 18.5 Å². The number of nitrogens with one attached hydrogen (secondary N) is 1. The lowest BCUT2D eigenvalue weighted by Gasteiger charge is -2.36. The Hall–Kier alpha value is -0.420. The Bertz CT molecular complexity index is 435. The van der Waals surface area contributed by atoms with E-state index in [2.05, 4.69) is 40.7 Å². The molecule has 0 bridgehead atoms. The monoisotopic (exact) mass is 307 g/mol. The SMILES string of the molecule is CN(C)CCN1CCC(NC2CCCc3sccc32)CC1.